The van der Waals surface area contributed by atoms with Crippen molar-refractivity contribution in [3.05, 3.63) is 106 Å². The second kappa shape index (κ2) is 12.7. The number of allylic oxidation sites excluding steroid dienone is 3. The van der Waals surface area contributed by atoms with Crippen molar-refractivity contribution in [3.63, 3.8) is 0 Å². The molecular formula is C30H30FN5O6S. The molecule has 43 heavy (non-hydrogen) atoms. The number of carboxylic acids is 1. The van der Waals surface area contributed by atoms with Crippen LogP contribution in [0.15, 0.2) is 88.4 Å². The fourth-order valence-electron chi connectivity index (χ4n) is 4.95. The van der Waals surface area contributed by atoms with Gasteiger partial charge in [-0.1, -0.05) is 30.4 Å². The van der Waals surface area contributed by atoms with Gasteiger partial charge in [-0.25, -0.2) is 22.8 Å². The van der Waals surface area contributed by atoms with Crippen LogP contribution in [-0.2, 0) is 32.3 Å². The SMILES string of the molecule is NOC(=CCc1ccc2c(=O)n(-c3ccc(F)cc3)c(CCCCC(=O)O)nc2c1)CS(=O)(=O)C1=NC2C=CC=CC2N1. The Labute approximate surface area is 246 Å². The minimum Gasteiger partial charge on any atom is -0.481 e. The average Bonchev–Trinajstić information content (AvgIpc) is 3.44. The number of rotatable bonds is 11. The van der Waals surface area contributed by atoms with Crippen LogP contribution in [0.5, 0.6) is 0 Å². The first-order valence-corrected chi connectivity index (χ1v) is 15.3. The highest BCUT2D eigenvalue weighted by Crippen LogP contribution is 2.20. The fraction of sp³-hybridized carbons (Fsp3) is 0.267. The number of aromatic nitrogens is 2. The number of fused-ring (bicyclic) bond motifs is 2. The number of nitrogens with one attached hydrogen (secondary N) is 1. The van der Waals surface area contributed by atoms with Gasteiger partial charge in [-0.15, -0.1) is 0 Å². The molecule has 2 atom stereocenters. The molecule has 0 radical (unpaired) electrons. The number of nitrogens with zero attached hydrogens (tertiary/aromatic N) is 3. The number of unbranched alkanes of at least 4 members (excludes halogenated alkanes) is 1. The standard InChI is InChI=1S/C30H30FN5O6S/c31-20-11-13-21(14-12-20)36-27(7-3-4-8-28(37)38)33-26-17-19(10-16-23(26)29(36)39)9-15-22(42-32)18-43(40,41)30-34-24-5-1-2-6-25(24)35-30/h1-2,5-6,10-17,24-25H,3-4,7-9,18,32H2,(H,34,35)(H,37,38). The topological polar surface area (TPSA) is 166 Å². The second-order valence-corrected chi connectivity index (χ2v) is 12.1. The molecule has 4 N–H and O–H groups in total. The molecule has 11 nitrogen and oxygen atoms in total. The van der Waals surface area contributed by atoms with E-state index >= 15 is 0 Å². The summed E-state index contributed by atoms with van der Waals surface area (Å²) in [4.78, 5) is 38.4. The molecule has 1 aromatic heterocycles. The molecule has 5 rings (SSSR count). The van der Waals surface area contributed by atoms with E-state index in [4.69, 9.17) is 20.8 Å². The third-order valence-corrected chi connectivity index (χ3v) is 8.61. The minimum absolute atomic E-state index is 0.00915. The van der Waals surface area contributed by atoms with Crippen molar-refractivity contribution in [2.45, 2.75) is 44.2 Å². The van der Waals surface area contributed by atoms with Gasteiger partial charge in [-0.3, -0.25) is 14.2 Å². The summed E-state index contributed by atoms with van der Waals surface area (Å²) in [5.74, 6) is 4.02. The van der Waals surface area contributed by atoms with E-state index in [1.54, 1.807) is 24.3 Å². The molecule has 0 saturated heterocycles. The Morgan fingerprint density at radius 3 is 2.63 bits per heavy atom. The molecule has 2 aliphatic rings. The van der Waals surface area contributed by atoms with Gasteiger partial charge in [0.1, 0.15) is 23.2 Å². The summed E-state index contributed by atoms with van der Waals surface area (Å²) < 4.78 is 41.0. The predicted octanol–water partition coefficient (Wildman–Crippen LogP) is 2.88. The first-order valence-electron chi connectivity index (χ1n) is 13.6. The van der Waals surface area contributed by atoms with Crippen LogP contribution in [0.2, 0.25) is 0 Å². The molecular weight excluding hydrogens is 577 g/mol. The number of aliphatic imine (C=N–C) groups is 1. The lowest BCUT2D eigenvalue weighted by Crippen LogP contribution is -2.37. The van der Waals surface area contributed by atoms with Crippen LogP contribution in [0, 0.1) is 5.82 Å². The molecule has 0 fully saturated rings. The molecule has 0 spiro atoms. The van der Waals surface area contributed by atoms with E-state index in [-0.39, 0.29) is 41.4 Å². The van der Waals surface area contributed by atoms with Gasteiger partial charge in [-0.05, 0) is 67.3 Å². The normalized spacial score (nSPS) is 17.9. The smallest absolute Gasteiger partial charge is 0.303 e. The Morgan fingerprint density at radius 1 is 1.14 bits per heavy atom. The van der Waals surface area contributed by atoms with Gasteiger partial charge in [0.2, 0.25) is 15.0 Å². The number of carboxylic acid groups (broad SMARTS) is 1. The van der Waals surface area contributed by atoms with Crippen molar-refractivity contribution in [1.29, 1.82) is 0 Å². The number of aliphatic carboxylic acids is 1. The second-order valence-electron chi connectivity index (χ2n) is 10.2. The monoisotopic (exact) mass is 607 g/mol. The number of amidine groups is 1. The van der Waals surface area contributed by atoms with Gasteiger partial charge in [0.15, 0.2) is 0 Å². The van der Waals surface area contributed by atoms with E-state index in [0.717, 1.165) is 5.56 Å². The fourth-order valence-corrected chi connectivity index (χ4v) is 6.25. The van der Waals surface area contributed by atoms with Crippen LogP contribution < -0.4 is 16.8 Å². The highest BCUT2D eigenvalue weighted by atomic mass is 32.2. The van der Waals surface area contributed by atoms with Crippen molar-refractivity contribution in [2.75, 3.05) is 5.75 Å². The van der Waals surface area contributed by atoms with E-state index in [9.17, 15) is 22.4 Å². The number of hydrogen-bond donors (Lipinski definition) is 3. The third-order valence-electron chi connectivity index (χ3n) is 7.14. The predicted molar refractivity (Wildman–Crippen MR) is 160 cm³/mol. The van der Waals surface area contributed by atoms with E-state index in [1.165, 1.54) is 28.8 Å². The Balaban J connectivity index is 1.40. The molecule has 0 amide bonds. The summed E-state index contributed by atoms with van der Waals surface area (Å²) in [5, 5.41) is 12.1. The first-order chi connectivity index (χ1) is 20.6. The van der Waals surface area contributed by atoms with Gasteiger partial charge in [0.25, 0.3) is 5.56 Å². The number of carbonyl (C=O) groups is 1. The highest BCUT2D eigenvalue weighted by molar-refractivity contribution is 8.06. The van der Waals surface area contributed by atoms with Crippen molar-refractivity contribution < 1.29 is 27.5 Å². The summed E-state index contributed by atoms with van der Waals surface area (Å²) in [5.41, 5.74) is 1.23. The van der Waals surface area contributed by atoms with Crippen LogP contribution in [0.3, 0.4) is 0 Å². The third kappa shape index (κ3) is 6.89. The molecule has 3 aromatic rings. The Bertz CT molecular complexity index is 1830. The van der Waals surface area contributed by atoms with E-state index in [2.05, 4.69) is 10.3 Å². The van der Waals surface area contributed by atoms with Gasteiger partial charge in [0.05, 0.1) is 28.7 Å². The molecule has 1 aliphatic heterocycles. The molecule has 0 bridgehead atoms. The summed E-state index contributed by atoms with van der Waals surface area (Å²) in [6.45, 7) is 0. The lowest BCUT2D eigenvalue weighted by molar-refractivity contribution is -0.137. The number of hydrogen-bond acceptors (Lipinski definition) is 9. The zero-order valence-corrected chi connectivity index (χ0v) is 23.8. The lowest BCUT2D eigenvalue weighted by atomic mass is 10.1. The summed E-state index contributed by atoms with van der Waals surface area (Å²) in [7, 11) is -3.85. The number of sulfone groups is 1. The van der Waals surface area contributed by atoms with E-state index < -0.39 is 27.4 Å². The van der Waals surface area contributed by atoms with Gasteiger partial charge >= 0.3 is 5.97 Å². The maximum atomic E-state index is 13.6. The quantitative estimate of drug-likeness (QED) is 0.169. The summed E-state index contributed by atoms with van der Waals surface area (Å²) in [6, 6.07) is 10.0. The van der Waals surface area contributed by atoms with Gasteiger partial charge in [0, 0.05) is 12.8 Å². The first kappa shape index (κ1) is 29.9. The van der Waals surface area contributed by atoms with Crippen molar-refractivity contribution in [2.24, 2.45) is 10.9 Å². The maximum absolute atomic E-state index is 13.6. The minimum atomic E-state index is -3.85. The largest absolute Gasteiger partial charge is 0.481 e. The lowest BCUT2D eigenvalue weighted by Gasteiger charge is -2.14. The Morgan fingerprint density at radius 2 is 1.91 bits per heavy atom. The molecule has 2 unspecified atom stereocenters. The molecule has 2 aromatic carbocycles. The summed E-state index contributed by atoms with van der Waals surface area (Å²) in [6.07, 6.45) is 10.3. The molecule has 224 valence electrons. The van der Waals surface area contributed by atoms with Gasteiger partial charge in [-0.2, -0.15) is 5.90 Å². The van der Waals surface area contributed by atoms with Crippen LogP contribution in [0.25, 0.3) is 16.6 Å². The van der Waals surface area contributed by atoms with Crippen molar-refractivity contribution in [3.8, 4) is 5.69 Å². The van der Waals surface area contributed by atoms with Crippen LogP contribution in [0.4, 0.5) is 4.39 Å². The van der Waals surface area contributed by atoms with E-state index in [1.807, 2.05) is 24.3 Å². The van der Waals surface area contributed by atoms with Crippen LogP contribution in [0.1, 0.15) is 30.7 Å². The molecule has 13 heteroatoms. The molecule has 1 aliphatic carbocycles. The zero-order valence-electron chi connectivity index (χ0n) is 23.0. The van der Waals surface area contributed by atoms with Crippen molar-refractivity contribution in [1.82, 2.24) is 14.9 Å². The number of nitrogens with two attached hydrogens (primary N) is 1. The van der Waals surface area contributed by atoms with Crippen LogP contribution >= 0.6 is 0 Å². The molecule has 0 saturated carbocycles. The van der Waals surface area contributed by atoms with E-state index in [0.29, 0.717) is 41.7 Å². The van der Waals surface area contributed by atoms with Crippen molar-refractivity contribution >= 4 is 31.9 Å². The highest BCUT2D eigenvalue weighted by Gasteiger charge is 2.33. The summed E-state index contributed by atoms with van der Waals surface area (Å²) >= 11 is 0. The Hall–Kier alpha value is -4.62. The Kier molecular flexibility index (Phi) is 8.83. The van der Waals surface area contributed by atoms with Gasteiger partial charge < -0.3 is 15.3 Å². The number of benzene rings is 2. The number of aryl methyl sites for hydroxylation is 1. The molecule has 2 heterocycles. The van der Waals surface area contributed by atoms with Crippen LogP contribution in [-0.4, -0.2) is 52.0 Å². The maximum Gasteiger partial charge on any atom is 0.303 e. The average molecular weight is 608 g/mol. The number of halogens is 1. The zero-order chi connectivity index (χ0) is 30.6.